The number of rotatable bonds is 4. The van der Waals surface area contributed by atoms with Crippen LogP contribution in [0.2, 0.25) is 5.02 Å². The maximum atomic E-state index is 6.29. The number of amidine groups is 1. The van der Waals surface area contributed by atoms with E-state index < -0.39 is 0 Å². The lowest BCUT2D eigenvalue weighted by molar-refractivity contribution is 0.138. The predicted molar refractivity (Wildman–Crippen MR) is 117 cm³/mol. The molecule has 2 aromatic carbocycles. The normalized spacial score (nSPS) is 18.1. The smallest absolute Gasteiger partial charge is 0.164 e. The average molecular weight is 414 g/mol. The monoisotopic (exact) mass is 413 g/mol. The fraction of sp³-hybridized carbons (Fsp3) is 0.409. The van der Waals surface area contributed by atoms with Crippen molar-refractivity contribution in [3.05, 3.63) is 64.2 Å². The van der Waals surface area contributed by atoms with Gasteiger partial charge in [-0.05, 0) is 56.5 Å². The third-order valence-electron chi connectivity index (χ3n) is 5.49. The van der Waals surface area contributed by atoms with Gasteiger partial charge in [0.1, 0.15) is 11.8 Å². The number of nitrogens with one attached hydrogen (secondary N) is 2. The Bertz CT molecular complexity index is 924. The van der Waals surface area contributed by atoms with Gasteiger partial charge in [0, 0.05) is 23.7 Å². The molecule has 0 aliphatic carbocycles. The van der Waals surface area contributed by atoms with Crippen molar-refractivity contribution in [2.75, 3.05) is 13.7 Å². The van der Waals surface area contributed by atoms with E-state index >= 15 is 0 Å². The number of benzene rings is 2. The van der Waals surface area contributed by atoms with Crippen LogP contribution in [0, 0.1) is 0 Å². The van der Waals surface area contributed by atoms with Gasteiger partial charge in [-0.1, -0.05) is 35.9 Å². The zero-order valence-corrected chi connectivity index (χ0v) is 18.1. The Morgan fingerprint density at radius 3 is 2.69 bits per heavy atom. The molecule has 1 unspecified atom stereocenters. The minimum Gasteiger partial charge on any atom is -0.496 e. The number of hydrogen-bond donors (Lipinski definition) is 2. The summed E-state index contributed by atoms with van der Waals surface area (Å²) in [6, 6.07) is 14.3. The van der Waals surface area contributed by atoms with Crippen LogP contribution < -0.4 is 15.8 Å². The summed E-state index contributed by atoms with van der Waals surface area (Å²) in [6.45, 7) is 8.21. The molecule has 2 aromatic rings. The van der Waals surface area contributed by atoms with Crippen LogP contribution in [0.5, 0.6) is 5.75 Å². The van der Waals surface area contributed by atoms with E-state index in [0.29, 0.717) is 0 Å². The zero-order valence-electron chi connectivity index (χ0n) is 17.4. The van der Waals surface area contributed by atoms with Gasteiger partial charge >= 0.3 is 0 Å². The Balaban J connectivity index is 1.77. The highest BCUT2D eigenvalue weighted by Crippen LogP contribution is 2.36. The number of hydrazine groups is 2. The van der Waals surface area contributed by atoms with E-state index in [4.69, 9.17) is 16.3 Å². The highest BCUT2D eigenvalue weighted by Gasteiger charge is 2.39. The lowest BCUT2D eigenvalue weighted by Crippen LogP contribution is -2.55. The van der Waals surface area contributed by atoms with Crippen molar-refractivity contribution in [3.63, 3.8) is 0 Å². The van der Waals surface area contributed by atoms with Gasteiger partial charge in [0.15, 0.2) is 5.84 Å². The number of hydrogen-bond acceptors (Lipinski definition) is 6. The number of para-hydroxylation sites is 1. The third-order valence-corrected chi connectivity index (χ3v) is 5.72. The number of ether oxygens (including phenoxy) is 1. The van der Waals surface area contributed by atoms with E-state index in [1.165, 1.54) is 11.1 Å². The van der Waals surface area contributed by atoms with Crippen LogP contribution in [0.15, 0.2) is 47.6 Å². The molecular formula is C22H28ClN5O. The van der Waals surface area contributed by atoms with Gasteiger partial charge in [-0.2, -0.15) is 0 Å². The molecule has 0 amide bonds. The van der Waals surface area contributed by atoms with Crippen LogP contribution in [0.25, 0.3) is 0 Å². The standard InChI is InChI=1S/C22H28ClN5O/c1-22(2,3)28-21(24-25-26-28)20(18-7-5-6-8-19(18)29-4)27-12-11-15-9-10-17(23)13-16(15)14-27/h5-10,13,20,25-26H,11-12,14H2,1-4H3. The first-order chi connectivity index (χ1) is 13.9. The van der Waals surface area contributed by atoms with Crippen molar-refractivity contribution in [1.29, 1.82) is 0 Å². The van der Waals surface area contributed by atoms with Crippen molar-refractivity contribution in [2.45, 2.75) is 45.3 Å². The molecule has 0 saturated carbocycles. The Morgan fingerprint density at radius 1 is 1.14 bits per heavy atom. The van der Waals surface area contributed by atoms with Gasteiger partial charge in [0.25, 0.3) is 0 Å². The molecule has 0 fully saturated rings. The van der Waals surface area contributed by atoms with E-state index in [2.05, 4.69) is 71.1 Å². The Labute approximate surface area is 177 Å². The summed E-state index contributed by atoms with van der Waals surface area (Å²) < 4.78 is 5.72. The van der Waals surface area contributed by atoms with E-state index in [-0.39, 0.29) is 11.6 Å². The lowest BCUT2D eigenvalue weighted by atomic mass is 9.94. The predicted octanol–water partition coefficient (Wildman–Crippen LogP) is 3.88. The summed E-state index contributed by atoms with van der Waals surface area (Å²) >= 11 is 6.29. The molecule has 0 bridgehead atoms. The maximum absolute atomic E-state index is 6.29. The lowest BCUT2D eigenvalue weighted by Gasteiger charge is -2.41. The molecule has 154 valence electrons. The minimum absolute atomic E-state index is 0.0694. The summed E-state index contributed by atoms with van der Waals surface area (Å²) in [7, 11) is 1.72. The number of halogens is 1. The summed E-state index contributed by atoms with van der Waals surface area (Å²) in [5, 5.41) is 7.51. The first kappa shape index (κ1) is 20.0. The Hall–Kier alpha value is -2.28. The van der Waals surface area contributed by atoms with Gasteiger partial charge < -0.3 is 4.74 Å². The molecule has 2 aliphatic rings. The molecule has 2 aliphatic heterocycles. The van der Waals surface area contributed by atoms with Crippen LogP contribution in [0.1, 0.15) is 43.5 Å². The van der Waals surface area contributed by atoms with E-state index in [9.17, 15) is 0 Å². The molecular weight excluding hydrogens is 386 g/mol. The fourth-order valence-corrected chi connectivity index (χ4v) is 4.29. The molecule has 1 atom stereocenters. The fourth-order valence-electron chi connectivity index (χ4n) is 4.09. The van der Waals surface area contributed by atoms with Crippen molar-refractivity contribution in [2.24, 2.45) is 5.10 Å². The molecule has 29 heavy (non-hydrogen) atoms. The number of hydrazone groups is 1. The summed E-state index contributed by atoms with van der Waals surface area (Å²) in [5.74, 6) is 1.78. The highest BCUT2D eigenvalue weighted by atomic mass is 35.5. The summed E-state index contributed by atoms with van der Waals surface area (Å²) in [6.07, 6.45) is 0.974. The zero-order chi connectivity index (χ0) is 20.6. The largest absolute Gasteiger partial charge is 0.496 e. The van der Waals surface area contributed by atoms with Crippen LogP contribution in [-0.2, 0) is 13.0 Å². The summed E-state index contributed by atoms with van der Waals surface area (Å²) in [5.41, 5.74) is 9.73. The molecule has 6 nitrogen and oxygen atoms in total. The minimum atomic E-state index is -0.153. The van der Waals surface area contributed by atoms with Crippen molar-refractivity contribution in [3.8, 4) is 5.75 Å². The van der Waals surface area contributed by atoms with Gasteiger partial charge in [0.2, 0.25) is 0 Å². The number of methoxy groups -OCH3 is 1. The van der Waals surface area contributed by atoms with E-state index in [1.807, 2.05) is 18.2 Å². The molecule has 7 heteroatoms. The molecule has 0 saturated heterocycles. The third kappa shape index (κ3) is 3.92. The number of nitrogens with zero attached hydrogens (tertiary/aromatic N) is 3. The van der Waals surface area contributed by atoms with E-state index in [1.54, 1.807) is 7.11 Å². The Kier molecular flexibility index (Phi) is 5.42. The van der Waals surface area contributed by atoms with Gasteiger partial charge in [0.05, 0.1) is 12.6 Å². The first-order valence-corrected chi connectivity index (χ1v) is 10.3. The van der Waals surface area contributed by atoms with Crippen LogP contribution >= 0.6 is 11.6 Å². The van der Waals surface area contributed by atoms with E-state index in [0.717, 1.165) is 41.7 Å². The second-order valence-electron chi connectivity index (χ2n) is 8.48. The second kappa shape index (κ2) is 7.86. The molecule has 0 radical (unpaired) electrons. The SMILES string of the molecule is COc1ccccc1C(C1=NNNN1C(C)(C)C)N1CCc2ccc(Cl)cc2C1. The van der Waals surface area contributed by atoms with Gasteiger partial charge in [-0.15, -0.1) is 10.6 Å². The molecule has 0 aromatic heterocycles. The first-order valence-electron chi connectivity index (χ1n) is 9.91. The quantitative estimate of drug-likeness (QED) is 0.796. The van der Waals surface area contributed by atoms with Crippen molar-refractivity contribution in [1.82, 2.24) is 21.0 Å². The number of fused-ring (bicyclic) bond motifs is 1. The topological polar surface area (TPSA) is 52.1 Å². The summed E-state index contributed by atoms with van der Waals surface area (Å²) in [4.78, 5) is 2.45. The maximum Gasteiger partial charge on any atom is 0.164 e. The molecule has 0 spiro atoms. The average Bonchev–Trinajstić information content (AvgIpc) is 3.18. The Morgan fingerprint density at radius 2 is 1.93 bits per heavy atom. The molecule has 2 heterocycles. The van der Waals surface area contributed by atoms with Gasteiger partial charge in [-0.3, -0.25) is 9.91 Å². The van der Waals surface area contributed by atoms with Crippen LogP contribution in [-0.4, -0.2) is 34.9 Å². The molecule has 2 N–H and O–H groups in total. The van der Waals surface area contributed by atoms with Crippen molar-refractivity contribution >= 4 is 17.4 Å². The van der Waals surface area contributed by atoms with Crippen LogP contribution in [0.4, 0.5) is 0 Å². The molecule has 4 rings (SSSR count). The highest BCUT2D eigenvalue weighted by molar-refractivity contribution is 6.30. The van der Waals surface area contributed by atoms with Crippen molar-refractivity contribution < 1.29 is 4.74 Å². The van der Waals surface area contributed by atoms with Gasteiger partial charge in [-0.25, -0.2) is 5.53 Å². The second-order valence-corrected chi connectivity index (χ2v) is 8.91. The van der Waals surface area contributed by atoms with Crippen LogP contribution in [0.3, 0.4) is 0 Å².